The first-order chi connectivity index (χ1) is 8.59. The molecule has 0 amide bonds. The Morgan fingerprint density at radius 3 is 2.89 bits per heavy atom. The summed E-state index contributed by atoms with van der Waals surface area (Å²) >= 11 is 0. The third kappa shape index (κ3) is 2.32. The topological polar surface area (TPSA) is 24.5 Å². The van der Waals surface area contributed by atoms with Gasteiger partial charge >= 0.3 is 0 Å². The SMILES string of the molecule is CNCC1CCN(c2cccc(OC)c2)C1(C)C. The van der Waals surface area contributed by atoms with Crippen LogP contribution in [0.3, 0.4) is 0 Å². The molecule has 0 aromatic heterocycles. The Kier molecular flexibility index (Phi) is 3.81. The van der Waals surface area contributed by atoms with Crippen molar-refractivity contribution >= 4 is 5.69 Å². The van der Waals surface area contributed by atoms with E-state index >= 15 is 0 Å². The number of anilines is 1. The highest BCUT2D eigenvalue weighted by atomic mass is 16.5. The maximum absolute atomic E-state index is 5.32. The van der Waals surface area contributed by atoms with E-state index in [2.05, 4.69) is 42.3 Å². The maximum Gasteiger partial charge on any atom is 0.120 e. The molecule has 3 heteroatoms. The lowest BCUT2D eigenvalue weighted by Gasteiger charge is -2.38. The van der Waals surface area contributed by atoms with Gasteiger partial charge in [-0.2, -0.15) is 0 Å². The van der Waals surface area contributed by atoms with Gasteiger partial charge in [0.1, 0.15) is 5.75 Å². The van der Waals surface area contributed by atoms with Crippen LogP contribution in [-0.2, 0) is 0 Å². The van der Waals surface area contributed by atoms with Crippen LogP contribution in [0.5, 0.6) is 5.75 Å². The fourth-order valence-corrected chi connectivity index (χ4v) is 2.99. The second kappa shape index (κ2) is 5.19. The van der Waals surface area contributed by atoms with Gasteiger partial charge in [-0.1, -0.05) is 6.07 Å². The maximum atomic E-state index is 5.32. The Hall–Kier alpha value is -1.22. The van der Waals surface area contributed by atoms with E-state index in [0.717, 1.165) is 18.8 Å². The molecule has 3 nitrogen and oxygen atoms in total. The zero-order chi connectivity index (χ0) is 13.2. The highest BCUT2D eigenvalue weighted by Crippen LogP contribution is 2.38. The van der Waals surface area contributed by atoms with E-state index in [-0.39, 0.29) is 5.54 Å². The van der Waals surface area contributed by atoms with Gasteiger partial charge in [-0.15, -0.1) is 0 Å². The minimum Gasteiger partial charge on any atom is -0.497 e. The van der Waals surface area contributed by atoms with E-state index < -0.39 is 0 Å². The number of nitrogens with zero attached hydrogens (tertiary/aromatic N) is 1. The van der Waals surface area contributed by atoms with Crippen LogP contribution in [0.1, 0.15) is 20.3 Å². The molecule has 1 N–H and O–H groups in total. The van der Waals surface area contributed by atoms with Crippen LogP contribution >= 0.6 is 0 Å². The largest absolute Gasteiger partial charge is 0.497 e. The normalized spacial score (nSPS) is 22.2. The van der Waals surface area contributed by atoms with Crippen molar-refractivity contribution in [2.75, 3.05) is 32.1 Å². The fraction of sp³-hybridized carbons (Fsp3) is 0.600. The van der Waals surface area contributed by atoms with Gasteiger partial charge in [0.15, 0.2) is 0 Å². The van der Waals surface area contributed by atoms with Crippen LogP contribution in [-0.4, -0.2) is 32.8 Å². The van der Waals surface area contributed by atoms with Crippen LogP contribution in [0.2, 0.25) is 0 Å². The first-order valence-corrected chi connectivity index (χ1v) is 6.66. The van der Waals surface area contributed by atoms with Gasteiger partial charge in [-0.05, 0) is 51.9 Å². The van der Waals surface area contributed by atoms with Crippen molar-refractivity contribution in [1.29, 1.82) is 0 Å². The fourth-order valence-electron chi connectivity index (χ4n) is 2.99. The van der Waals surface area contributed by atoms with Gasteiger partial charge < -0.3 is 15.0 Å². The highest BCUT2D eigenvalue weighted by molar-refractivity contribution is 5.54. The molecule has 1 aromatic rings. The molecular formula is C15H24N2O. The van der Waals surface area contributed by atoms with Crippen molar-refractivity contribution in [2.24, 2.45) is 5.92 Å². The average Bonchev–Trinajstić information content (AvgIpc) is 2.66. The first kappa shape index (κ1) is 13.2. The zero-order valence-electron chi connectivity index (χ0n) is 11.9. The molecule has 2 rings (SSSR count). The molecule has 0 aliphatic carbocycles. The van der Waals surface area contributed by atoms with Crippen LogP contribution in [0.15, 0.2) is 24.3 Å². The monoisotopic (exact) mass is 248 g/mol. The average molecular weight is 248 g/mol. The Balaban J connectivity index is 2.23. The van der Waals surface area contributed by atoms with E-state index in [4.69, 9.17) is 4.74 Å². The number of hydrogen-bond acceptors (Lipinski definition) is 3. The molecule has 1 aromatic carbocycles. The van der Waals surface area contributed by atoms with Crippen LogP contribution in [0, 0.1) is 5.92 Å². The standard InChI is InChI=1S/C15H24N2O/c1-15(2)12(11-16-3)8-9-17(15)13-6-5-7-14(10-13)18-4/h5-7,10,12,16H,8-9,11H2,1-4H3. The molecule has 1 aliphatic rings. The summed E-state index contributed by atoms with van der Waals surface area (Å²) in [5, 5.41) is 3.31. The molecule has 1 atom stereocenters. The summed E-state index contributed by atoms with van der Waals surface area (Å²) in [5.74, 6) is 1.62. The van der Waals surface area contributed by atoms with Gasteiger partial charge in [-0.3, -0.25) is 0 Å². The molecule has 1 unspecified atom stereocenters. The molecule has 0 saturated carbocycles. The smallest absolute Gasteiger partial charge is 0.120 e. The summed E-state index contributed by atoms with van der Waals surface area (Å²) in [4.78, 5) is 2.50. The molecule has 100 valence electrons. The van der Waals surface area contributed by atoms with Crippen LogP contribution in [0.25, 0.3) is 0 Å². The number of ether oxygens (including phenoxy) is 1. The number of methoxy groups -OCH3 is 1. The minimum atomic E-state index is 0.190. The van der Waals surface area contributed by atoms with Crippen molar-refractivity contribution in [1.82, 2.24) is 5.32 Å². The summed E-state index contributed by atoms with van der Waals surface area (Å²) < 4.78 is 5.32. The quantitative estimate of drug-likeness (QED) is 0.886. The Labute approximate surface area is 110 Å². The lowest BCUT2D eigenvalue weighted by molar-refractivity contribution is 0.356. The number of hydrogen-bond donors (Lipinski definition) is 1. The van der Waals surface area contributed by atoms with Crippen LogP contribution in [0.4, 0.5) is 5.69 Å². The Bertz CT molecular complexity index is 403. The molecule has 0 radical (unpaired) electrons. The molecule has 1 fully saturated rings. The molecular weight excluding hydrogens is 224 g/mol. The molecule has 0 spiro atoms. The lowest BCUT2D eigenvalue weighted by atomic mass is 9.88. The van der Waals surface area contributed by atoms with Gasteiger partial charge in [0.25, 0.3) is 0 Å². The second-order valence-electron chi connectivity index (χ2n) is 5.55. The Morgan fingerprint density at radius 2 is 2.22 bits per heavy atom. The van der Waals surface area contributed by atoms with Gasteiger partial charge in [-0.25, -0.2) is 0 Å². The van der Waals surface area contributed by atoms with Gasteiger partial charge in [0.05, 0.1) is 7.11 Å². The van der Waals surface area contributed by atoms with Crippen molar-refractivity contribution in [2.45, 2.75) is 25.8 Å². The predicted molar refractivity (Wildman–Crippen MR) is 76.5 cm³/mol. The third-order valence-electron chi connectivity index (χ3n) is 4.21. The summed E-state index contributed by atoms with van der Waals surface area (Å²) in [6, 6.07) is 8.36. The van der Waals surface area contributed by atoms with Gasteiger partial charge in [0, 0.05) is 23.8 Å². The molecule has 1 heterocycles. The number of nitrogens with one attached hydrogen (secondary N) is 1. The first-order valence-electron chi connectivity index (χ1n) is 6.66. The van der Waals surface area contributed by atoms with E-state index in [1.54, 1.807) is 7.11 Å². The summed E-state index contributed by atoms with van der Waals surface area (Å²) in [7, 11) is 3.75. The predicted octanol–water partition coefficient (Wildman–Crippen LogP) is 2.52. The highest BCUT2D eigenvalue weighted by Gasteiger charge is 2.40. The van der Waals surface area contributed by atoms with E-state index in [1.165, 1.54) is 12.1 Å². The van der Waals surface area contributed by atoms with Crippen molar-refractivity contribution in [3.8, 4) is 5.75 Å². The van der Waals surface area contributed by atoms with Crippen molar-refractivity contribution in [3.05, 3.63) is 24.3 Å². The zero-order valence-corrected chi connectivity index (χ0v) is 11.9. The summed E-state index contributed by atoms with van der Waals surface area (Å²) in [5.41, 5.74) is 1.45. The van der Waals surface area contributed by atoms with Gasteiger partial charge in [0.2, 0.25) is 0 Å². The number of rotatable bonds is 4. The second-order valence-corrected chi connectivity index (χ2v) is 5.55. The van der Waals surface area contributed by atoms with Crippen molar-refractivity contribution in [3.63, 3.8) is 0 Å². The van der Waals surface area contributed by atoms with E-state index in [9.17, 15) is 0 Å². The Morgan fingerprint density at radius 1 is 1.44 bits per heavy atom. The molecule has 1 saturated heterocycles. The van der Waals surface area contributed by atoms with Crippen molar-refractivity contribution < 1.29 is 4.74 Å². The molecule has 1 aliphatic heterocycles. The summed E-state index contributed by atoms with van der Waals surface area (Å²) in [6.07, 6.45) is 1.24. The van der Waals surface area contributed by atoms with E-state index in [1.807, 2.05) is 13.1 Å². The van der Waals surface area contributed by atoms with E-state index in [0.29, 0.717) is 5.92 Å². The van der Waals surface area contributed by atoms with Crippen LogP contribution < -0.4 is 15.0 Å². The molecule has 0 bridgehead atoms. The molecule has 18 heavy (non-hydrogen) atoms. The lowest BCUT2D eigenvalue weighted by Crippen LogP contribution is -2.45. The summed E-state index contributed by atoms with van der Waals surface area (Å²) in [6.45, 7) is 6.86. The third-order valence-corrected chi connectivity index (χ3v) is 4.21. The minimum absolute atomic E-state index is 0.190. The number of benzene rings is 1.